The smallest absolute Gasteiger partial charge is 0.411 e. The van der Waals surface area contributed by atoms with E-state index in [0.29, 0.717) is 13.0 Å². The van der Waals surface area contributed by atoms with Crippen molar-refractivity contribution in [1.82, 2.24) is 14.7 Å². The number of thiocarbonyl (C=S) groups is 3. The van der Waals surface area contributed by atoms with Crippen LogP contribution in [0.15, 0.2) is 0 Å². The Morgan fingerprint density at radius 3 is 0.640 bits per heavy atom. The summed E-state index contributed by atoms with van der Waals surface area (Å²) in [6.07, 6.45) is 0. The van der Waals surface area contributed by atoms with Crippen LogP contribution in [0, 0.1) is 0 Å². The molecular formula is C15H30FeN3S6-. The summed E-state index contributed by atoms with van der Waals surface area (Å²) in [5.74, 6) is 0. The van der Waals surface area contributed by atoms with Gasteiger partial charge < -0.3 is 89.2 Å². The Labute approximate surface area is 198 Å². The zero-order chi connectivity index (χ0) is 19.7. The van der Waals surface area contributed by atoms with Gasteiger partial charge in [-0.1, -0.05) is 13.0 Å². The summed E-state index contributed by atoms with van der Waals surface area (Å²) in [5, 5.41) is 0. The molecule has 0 aliphatic carbocycles. The predicted octanol–water partition coefficient (Wildman–Crippen LogP) is 3.48. The van der Waals surface area contributed by atoms with Crippen molar-refractivity contribution in [3.63, 3.8) is 0 Å². The maximum absolute atomic E-state index is 4.76. The van der Waals surface area contributed by atoms with E-state index in [4.69, 9.17) is 74.5 Å². The van der Waals surface area contributed by atoms with Gasteiger partial charge >= 0.3 is 17.1 Å². The SMILES string of the molecule is CCN(CC)C(=S)[S-].CCN(CC)C(=S)[S-].CCN(CC)C(=S)[S-].[Fe+2]. The molecule has 150 valence electrons. The van der Waals surface area contributed by atoms with E-state index in [1.54, 1.807) is 0 Å². The predicted molar refractivity (Wildman–Crippen MR) is 129 cm³/mol. The molecule has 0 saturated carbocycles. The summed E-state index contributed by atoms with van der Waals surface area (Å²) >= 11 is 28.5. The fourth-order valence-corrected chi connectivity index (χ4v) is 2.99. The fourth-order valence-electron chi connectivity index (χ4n) is 1.45. The molecule has 0 atom stereocenters. The van der Waals surface area contributed by atoms with Crippen LogP contribution in [0.5, 0.6) is 0 Å². The minimum Gasteiger partial charge on any atom is -0.411 e. The van der Waals surface area contributed by atoms with Crippen molar-refractivity contribution < 1.29 is 17.1 Å². The van der Waals surface area contributed by atoms with Crippen LogP contribution in [-0.2, 0) is 55.0 Å². The van der Waals surface area contributed by atoms with Crippen molar-refractivity contribution >= 4 is 87.5 Å². The first-order valence-electron chi connectivity index (χ1n) is 8.04. The van der Waals surface area contributed by atoms with E-state index in [1.165, 1.54) is 0 Å². The van der Waals surface area contributed by atoms with Gasteiger partial charge in [0.05, 0.1) is 0 Å². The van der Waals surface area contributed by atoms with Gasteiger partial charge in [0.15, 0.2) is 0 Å². The Morgan fingerprint density at radius 1 is 0.520 bits per heavy atom. The molecule has 0 bridgehead atoms. The molecule has 0 amide bonds. The van der Waals surface area contributed by atoms with Gasteiger partial charge in [-0.15, -0.1) is 0 Å². The molecule has 25 heavy (non-hydrogen) atoms. The molecule has 0 aromatic heterocycles. The van der Waals surface area contributed by atoms with Crippen molar-refractivity contribution in [2.75, 3.05) is 39.3 Å². The third-order valence-corrected chi connectivity index (χ3v) is 4.61. The van der Waals surface area contributed by atoms with Gasteiger partial charge in [0.1, 0.15) is 0 Å². The van der Waals surface area contributed by atoms with Crippen molar-refractivity contribution in [3.05, 3.63) is 0 Å². The molecule has 0 rings (SSSR count). The minimum atomic E-state index is 0. The van der Waals surface area contributed by atoms with E-state index in [9.17, 15) is 0 Å². The minimum absolute atomic E-state index is 0. The average molecular weight is 501 g/mol. The molecule has 0 unspecified atom stereocenters. The second kappa shape index (κ2) is 22.9. The first-order chi connectivity index (χ1) is 11.2. The van der Waals surface area contributed by atoms with E-state index in [2.05, 4.69) is 0 Å². The zero-order valence-electron chi connectivity index (χ0n) is 15.9. The largest absolute Gasteiger partial charge is 2.00 e. The molecule has 0 spiro atoms. The number of nitrogens with zero attached hydrogens (tertiary/aromatic N) is 3. The van der Waals surface area contributed by atoms with E-state index in [0.717, 1.165) is 39.3 Å². The van der Waals surface area contributed by atoms with Crippen molar-refractivity contribution in [3.8, 4) is 0 Å². The summed E-state index contributed by atoms with van der Waals surface area (Å²) in [6, 6.07) is 0. The third-order valence-electron chi connectivity index (χ3n) is 3.06. The van der Waals surface area contributed by atoms with Gasteiger partial charge in [-0.3, -0.25) is 0 Å². The summed E-state index contributed by atoms with van der Waals surface area (Å²) in [7, 11) is 0. The van der Waals surface area contributed by atoms with E-state index in [-0.39, 0.29) is 17.1 Å². The summed E-state index contributed by atoms with van der Waals surface area (Å²) < 4.78 is 1.74. The first-order valence-corrected chi connectivity index (χ1v) is 10.5. The summed E-state index contributed by atoms with van der Waals surface area (Å²) in [6.45, 7) is 17.8. The topological polar surface area (TPSA) is 9.72 Å². The molecule has 0 N–H and O–H groups in total. The Bertz CT molecular complexity index is 294. The standard InChI is InChI=1S/3C5H11NS2.Fe/c3*1-3-6(4-2)5(7)8;/h3*3-4H2,1-2H3,(H,7,8);/q;;;+2/p-3. The maximum Gasteiger partial charge on any atom is 2.00 e. The molecule has 10 heteroatoms. The van der Waals surface area contributed by atoms with Gasteiger partial charge in [-0.2, -0.15) is 0 Å². The zero-order valence-corrected chi connectivity index (χ0v) is 21.9. The van der Waals surface area contributed by atoms with Crippen LogP contribution < -0.4 is 0 Å². The van der Waals surface area contributed by atoms with Gasteiger partial charge in [0, 0.05) is 39.3 Å². The molecule has 3 nitrogen and oxygen atoms in total. The number of hydrogen-bond acceptors (Lipinski definition) is 6. The van der Waals surface area contributed by atoms with Crippen LogP contribution in [0.25, 0.3) is 0 Å². The second-order valence-corrected chi connectivity index (χ2v) is 7.41. The molecule has 0 aliphatic heterocycles. The van der Waals surface area contributed by atoms with E-state index in [1.807, 2.05) is 56.2 Å². The third kappa shape index (κ3) is 21.0. The van der Waals surface area contributed by atoms with Gasteiger partial charge in [0.2, 0.25) is 0 Å². The van der Waals surface area contributed by atoms with Gasteiger partial charge in [-0.05, 0) is 41.5 Å². The second-order valence-electron chi connectivity index (χ2n) is 4.31. The van der Waals surface area contributed by atoms with Crippen molar-refractivity contribution in [1.29, 1.82) is 0 Å². The number of hydrogen-bond donors (Lipinski definition) is 0. The summed E-state index contributed by atoms with van der Waals surface area (Å²) in [5.41, 5.74) is 0. The average Bonchev–Trinajstić information content (AvgIpc) is 2.51. The maximum atomic E-state index is 4.76. The molecular weight excluding hydrogens is 470 g/mol. The molecule has 0 aliphatic rings. The molecule has 0 radical (unpaired) electrons. The van der Waals surface area contributed by atoms with Crippen molar-refractivity contribution in [2.45, 2.75) is 41.5 Å². The fraction of sp³-hybridized carbons (Fsp3) is 0.800. The van der Waals surface area contributed by atoms with E-state index < -0.39 is 0 Å². The Kier molecular flexibility index (Phi) is 30.6. The van der Waals surface area contributed by atoms with Crippen molar-refractivity contribution in [2.24, 2.45) is 0 Å². The normalized spacial score (nSPS) is 8.40. The van der Waals surface area contributed by atoms with Crippen LogP contribution in [-0.4, -0.2) is 66.9 Å². The quantitative estimate of drug-likeness (QED) is 0.305. The number of rotatable bonds is 6. The Hall–Kier alpha value is 0.849. The van der Waals surface area contributed by atoms with Crippen LogP contribution in [0.1, 0.15) is 41.5 Å². The molecule has 0 aromatic rings. The first kappa shape index (κ1) is 33.4. The molecule has 0 heterocycles. The molecule has 0 fully saturated rings. The Balaban J connectivity index is -0.000000130. The van der Waals surface area contributed by atoms with Crippen LogP contribution >= 0.6 is 36.7 Å². The van der Waals surface area contributed by atoms with Crippen LogP contribution in [0.4, 0.5) is 0 Å². The van der Waals surface area contributed by atoms with Crippen LogP contribution in [0.3, 0.4) is 0 Å². The molecule has 0 aromatic carbocycles. The summed E-state index contributed by atoms with van der Waals surface area (Å²) in [4.78, 5) is 5.89. The Morgan fingerprint density at radius 2 is 0.640 bits per heavy atom. The van der Waals surface area contributed by atoms with Gasteiger partial charge in [0.25, 0.3) is 0 Å². The van der Waals surface area contributed by atoms with Crippen LogP contribution in [0.2, 0.25) is 0 Å². The van der Waals surface area contributed by atoms with E-state index >= 15 is 0 Å². The van der Waals surface area contributed by atoms with Gasteiger partial charge in [-0.25, -0.2) is 0 Å². The monoisotopic (exact) mass is 500 g/mol. The molecule has 0 saturated heterocycles.